The summed E-state index contributed by atoms with van der Waals surface area (Å²) in [4.78, 5) is 30.7. The Morgan fingerprint density at radius 2 is 1.78 bits per heavy atom. The number of alkyl halides is 2. The Labute approximate surface area is 210 Å². The maximum Gasteiger partial charge on any atom is 0.387 e. The number of para-hydroxylation sites is 1. The third-order valence-corrected chi connectivity index (χ3v) is 6.98. The number of rotatable bonds is 6. The molecular formula is C26H24F2N4O3S. The number of amides is 1. The number of nitrogens with zero attached hydrogens (tertiary/aromatic N) is 4. The molecular weight excluding hydrogens is 486 g/mol. The number of carbonyl (C=O) groups is 1. The normalized spacial score (nSPS) is 15.6. The van der Waals surface area contributed by atoms with Crippen molar-refractivity contribution in [3.05, 3.63) is 79.7 Å². The largest absolute Gasteiger partial charge is 0.435 e. The maximum atomic E-state index is 13.5. The molecule has 2 aromatic carbocycles. The molecule has 1 amide bonds. The van der Waals surface area contributed by atoms with Crippen molar-refractivity contribution in [2.45, 2.75) is 13.5 Å². The van der Waals surface area contributed by atoms with E-state index in [1.165, 1.54) is 16.7 Å². The molecule has 0 atom stereocenters. The van der Waals surface area contributed by atoms with Crippen molar-refractivity contribution < 1.29 is 18.3 Å². The molecule has 1 aliphatic heterocycles. The van der Waals surface area contributed by atoms with Crippen LogP contribution in [0.2, 0.25) is 0 Å². The number of likely N-dealkylation sites (N-methyl/N-ethyl adjacent to an activating group) is 1. The summed E-state index contributed by atoms with van der Waals surface area (Å²) in [6, 6.07) is 16.7. The number of piperazine rings is 1. The highest BCUT2D eigenvalue weighted by Crippen LogP contribution is 2.15. The minimum absolute atomic E-state index is 0.00424. The van der Waals surface area contributed by atoms with Crippen LogP contribution in [0.5, 0.6) is 5.75 Å². The molecule has 1 aromatic heterocycles. The van der Waals surface area contributed by atoms with Crippen molar-refractivity contribution in [2.24, 2.45) is 0 Å². The van der Waals surface area contributed by atoms with Crippen LogP contribution in [0.25, 0.3) is 17.3 Å². The van der Waals surface area contributed by atoms with Crippen LogP contribution in [-0.4, -0.2) is 59.6 Å². The zero-order valence-electron chi connectivity index (χ0n) is 19.6. The zero-order chi connectivity index (χ0) is 25.7. The third kappa shape index (κ3) is 5.53. The fourth-order valence-electron chi connectivity index (χ4n) is 3.97. The fraction of sp³-hybridized carbons (Fsp3) is 0.269. The standard InChI is InChI=1S/C26H24F2N4O3S/c1-2-30-12-14-31(15-13-30)23(33)21(17-29)25-32(19-6-4-3-5-7-19)24(34)22(36-25)16-18-8-10-20(11-9-18)35-26(27)28/h3-11,16,26H,2,12-15H2,1H3/b22-16-,25-21+. The van der Waals surface area contributed by atoms with E-state index in [1.807, 2.05) is 12.1 Å². The molecule has 3 aromatic rings. The van der Waals surface area contributed by atoms with Gasteiger partial charge in [-0.1, -0.05) is 37.3 Å². The third-order valence-electron chi connectivity index (χ3n) is 5.89. The molecule has 1 saturated heterocycles. The van der Waals surface area contributed by atoms with Gasteiger partial charge in [-0.25, -0.2) is 0 Å². The lowest BCUT2D eigenvalue weighted by Crippen LogP contribution is -2.49. The van der Waals surface area contributed by atoms with Gasteiger partial charge in [0.2, 0.25) is 0 Å². The van der Waals surface area contributed by atoms with Gasteiger partial charge in [-0.2, -0.15) is 14.0 Å². The van der Waals surface area contributed by atoms with Gasteiger partial charge in [0.15, 0.2) is 5.57 Å². The molecule has 0 spiro atoms. The first-order chi connectivity index (χ1) is 17.4. The van der Waals surface area contributed by atoms with Crippen LogP contribution in [0.1, 0.15) is 12.5 Å². The lowest BCUT2D eigenvalue weighted by molar-refractivity contribution is -0.126. The first-order valence-electron chi connectivity index (χ1n) is 11.4. The number of aromatic nitrogens is 1. The van der Waals surface area contributed by atoms with Crippen LogP contribution in [0.15, 0.2) is 59.4 Å². The van der Waals surface area contributed by atoms with Crippen molar-refractivity contribution in [2.75, 3.05) is 32.7 Å². The molecule has 7 nitrogen and oxygen atoms in total. The molecule has 0 bridgehead atoms. The number of thiazole rings is 1. The van der Waals surface area contributed by atoms with E-state index < -0.39 is 12.5 Å². The molecule has 1 fully saturated rings. The van der Waals surface area contributed by atoms with Crippen molar-refractivity contribution in [3.8, 4) is 17.5 Å². The van der Waals surface area contributed by atoms with Gasteiger partial charge < -0.3 is 14.5 Å². The van der Waals surface area contributed by atoms with Crippen molar-refractivity contribution >= 4 is 28.9 Å². The SMILES string of the molecule is CCN1CCN(C(=O)/C(C#N)=c2/s/c(=C\c3ccc(OC(F)F)cc3)c(=O)n2-c2ccccc2)CC1. The molecule has 0 saturated carbocycles. The molecule has 0 N–H and O–H groups in total. The summed E-state index contributed by atoms with van der Waals surface area (Å²) in [6.07, 6.45) is 1.60. The number of benzene rings is 2. The number of halogens is 2. The minimum atomic E-state index is -2.93. The predicted octanol–water partition coefficient (Wildman–Crippen LogP) is 2.17. The van der Waals surface area contributed by atoms with Gasteiger partial charge in [-0.15, -0.1) is 11.3 Å². The first kappa shape index (κ1) is 25.3. The summed E-state index contributed by atoms with van der Waals surface area (Å²) in [5, 5.41) is 10.0. The number of nitriles is 1. The molecule has 0 aliphatic carbocycles. The van der Waals surface area contributed by atoms with E-state index >= 15 is 0 Å². The average Bonchev–Trinajstić information content (AvgIpc) is 3.21. The molecule has 2 heterocycles. The first-order valence-corrected chi connectivity index (χ1v) is 12.2. The van der Waals surface area contributed by atoms with E-state index in [4.69, 9.17) is 0 Å². The predicted molar refractivity (Wildman–Crippen MR) is 134 cm³/mol. The zero-order valence-corrected chi connectivity index (χ0v) is 20.4. The van der Waals surface area contributed by atoms with Crippen LogP contribution in [0.4, 0.5) is 8.78 Å². The minimum Gasteiger partial charge on any atom is -0.435 e. The lowest BCUT2D eigenvalue weighted by Gasteiger charge is -2.33. The smallest absolute Gasteiger partial charge is 0.387 e. The van der Waals surface area contributed by atoms with Gasteiger partial charge in [-0.3, -0.25) is 14.2 Å². The molecule has 0 unspecified atom stereocenters. The Morgan fingerprint density at radius 1 is 1.11 bits per heavy atom. The average molecular weight is 511 g/mol. The van der Waals surface area contributed by atoms with Crippen LogP contribution >= 0.6 is 11.3 Å². The summed E-state index contributed by atoms with van der Waals surface area (Å²) < 4.78 is 31.2. The van der Waals surface area contributed by atoms with Gasteiger partial charge in [0.25, 0.3) is 11.5 Å². The van der Waals surface area contributed by atoms with Crippen LogP contribution < -0.4 is 19.5 Å². The Kier molecular flexibility index (Phi) is 7.93. The fourth-order valence-corrected chi connectivity index (χ4v) is 5.07. The molecule has 10 heteroatoms. The van der Waals surface area contributed by atoms with E-state index in [9.17, 15) is 23.6 Å². The molecule has 0 radical (unpaired) electrons. The van der Waals surface area contributed by atoms with Gasteiger partial charge in [-0.05, 0) is 42.4 Å². The van der Waals surface area contributed by atoms with Gasteiger partial charge >= 0.3 is 6.61 Å². The van der Waals surface area contributed by atoms with Crippen molar-refractivity contribution in [1.29, 1.82) is 5.26 Å². The topological polar surface area (TPSA) is 78.6 Å². The summed E-state index contributed by atoms with van der Waals surface area (Å²) in [6.45, 7) is 2.48. The van der Waals surface area contributed by atoms with Crippen molar-refractivity contribution in [3.63, 3.8) is 0 Å². The highest BCUT2D eigenvalue weighted by Gasteiger charge is 2.25. The summed E-state index contributed by atoms with van der Waals surface area (Å²) in [7, 11) is 0. The molecule has 186 valence electrons. The summed E-state index contributed by atoms with van der Waals surface area (Å²) in [5.74, 6) is -0.399. The second kappa shape index (κ2) is 11.3. The Balaban J connectivity index is 1.83. The molecule has 4 rings (SSSR count). The van der Waals surface area contributed by atoms with E-state index in [0.29, 0.717) is 28.9 Å². The monoisotopic (exact) mass is 510 g/mol. The number of ether oxygens (including phenoxy) is 1. The van der Waals surface area contributed by atoms with Gasteiger partial charge in [0.05, 0.1) is 10.2 Å². The van der Waals surface area contributed by atoms with E-state index in [-0.39, 0.29) is 21.5 Å². The highest BCUT2D eigenvalue weighted by atomic mass is 32.1. The number of hydrogen-bond donors (Lipinski definition) is 0. The van der Waals surface area contributed by atoms with E-state index in [0.717, 1.165) is 31.0 Å². The highest BCUT2D eigenvalue weighted by molar-refractivity contribution is 7.07. The number of carbonyl (C=O) groups excluding carboxylic acids is 1. The quantitative estimate of drug-likeness (QED) is 0.508. The van der Waals surface area contributed by atoms with Crippen LogP contribution in [0.3, 0.4) is 0 Å². The number of hydrogen-bond acceptors (Lipinski definition) is 6. The Hall–Kier alpha value is -3.81. The van der Waals surface area contributed by atoms with Crippen molar-refractivity contribution in [1.82, 2.24) is 14.4 Å². The van der Waals surface area contributed by atoms with E-state index in [1.54, 1.807) is 47.4 Å². The lowest BCUT2D eigenvalue weighted by atomic mass is 10.2. The van der Waals surface area contributed by atoms with E-state index in [2.05, 4.69) is 16.6 Å². The molecule has 36 heavy (non-hydrogen) atoms. The summed E-state index contributed by atoms with van der Waals surface area (Å²) in [5.41, 5.74) is 0.643. The Bertz CT molecular complexity index is 1440. The summed E-state index contributed by atoms with van der Waals surface area (Å²) >= 11 is 1.05. The van der Waals surface area contributed by atoms with Gasteiger partial charge in [0.1, 0.15) is 16.5 Å². The van der Waals surface area contributed by atoms with Gasteiger partial charge in [0, 0.05) is 26.2 Å². The van der Waals surface area contributed by atoms with Crippen LogP contribution in [-0.2, 0) is 4.79 Å². The molecule has 1 aliphatic rings. The Morgan fingerprint density at radius 3 is 2.36 bits per heavy atom. The second-order valence-corrected chi connectivity index (χ2v) is 9.08. The van der Waals surface area contributed by atoms with Crippen LogP contribution in [0, 0.1) is 11.3 Å². The second-order valence-electron chi connectivity index (χ2n) is 8.05. The maximum absolute atomic E-state index is 13.5.